The van der Waals surface area contributed by atoms with Crippen LogP contribution < -0.4 is 5.32 Å². The maximum absolute atomic E-state index is 6.13. The maximum atomic E-state index is 6.13. The van der Waals surface area contributed by atoms with Crippen LogP contribution >= 0.6 is 34.8 Å². The molecular formula is C14H12Cl3N. The molecule has 94 valence electrons. The van der Waals surface area contributed by atoms with Gasteiger partial charge in [-0.2, -0.15) is 0 Å². The van der Waals surface area contributed by atoms with Crippen LogP contribution in [0.25, 0.3) is 0 Å². The summed E-state index contributed by atoms with van der Waals surface area (Å²) in [6, 6.07) is 11.4. The lowest BCUT2D eigenvalue weighted by Gasteiger charge is -2.11. The van der Waals surface area contributed by atoms with E-state index in [1.54, 1.807) is 6.07 Å². The van der Waals surface area contributed by atoms with Gasteiger partial charge in [0.25, 0.3) is 0 Å². The zero-order chi connectivity index (χ0) is 13.1. The van der Waals surface area contributed by atoms with Crippen molar-refractivity contribution in [2.45, 2.75) is 13.5 Å². The molecule has 1 N–H and O–H groups in total. The number of rotatable bonds is 3. The van der Waals surface area contributed by atoms with Crippen LogP contribution in [0.15, 0.2) is 36.4 Å². The first-order valence-corrected chi connectivity index (χ1v) is 6.64. The van der Waals surface area contributed by atoms with Gasteiger partial charge in [-0.15, -0.1) is 0 Å². The van der Waals surface area contributed by atoms with E-state index in [-0.39, 0.29) is 0 Å². The third-order valence-electron chi connectivity index (χ3n) is 2.62. The molecule has 2 rings (SSSR count). The zero-order valence-corrected chi connectivity index (χ0v) is 12.1. The van der Waals surface area contributed by atoms with Crippen LogP contribution in [0, 0.1) is 6.92 Å². The van der Waals surface area contributed by atoms with Gasteiger partial charge in [0.2, 0.25) is 0 Å². The van der Waals surface area contributed by atoms with E-state index in [0.717, 1.165) is 16.8 Å². The van der Waals surface area contributed by atoms with Crippen molar-refractivity contribution in [2.75, 3.05) is 5.32 Å². The second-order valence-electron chi connectivity index (χ2n) is 4.05. The molecule has 0 saturated carbocycles. The highest BCUT2D eigenvalue weighted by atomic mass is 35.5. The molecule has 0 aliphatic heterocycles. The van der Waals surface area contributed by atoms with Crippen LogP contribution in [0.5, 0.6) is 0 Å². The molecule has 0 saturated heterocycles. The molecule has 0 heterocycles. The number of aryl methyl sites for hydroxylation is 1. The Balaban J connectivity index is 2.16. The minimum absolute atomic E-state index is 0.561. The van der Waals surface area contributed by atoms with E-state index in [9.17, 15) is 0 Å². The van der Waals surface area contributed by atoms with Crippen LogP contribution in [-0.2, 0) is 6.54 Å². The Hall–Kier alpha value is -0.890. The molecular weight excluding hydrogens is 289 g/mol. The summed E-state index contributed by atoms with van der Waals surface area (Å²) in [6.07, 6.45) is 0. The zero-order valence-electron chi connectivity index (χ0n) is 9.81. The summed E-state index contributed by atoms with van der Waals surface area (Å²) in [5, 5.41) is 5.10. The fourth-order valence-electron chi connectivity index (χ4n) is 1.65. The van der Waals surface area contributed by atoms with E-state index in [4.69, 9.17) is 34.8 Å². The van der Waals surface area contributed by atoms with Crippen molar-refractivity contribution in [1.29, 1.82) is 0 Å². The molecule has 0 atom stereocenters. The number of nitrogens with one attached hydrogen (secondary N) is 1. The Morgan fingerprint density at radius 1 is 1.00 bits per heavy atom. The molecule has 0 aliphatic rings. The van der Waals surface area contributed by atoms with Gasteiger partial charge in [0, 0.05) is 6.54 Å². The fourth-order valence-corrected chi connectivity index (χ4v) is 2.22. The largest absolute Gasteiger partial charge is 0.380 e. The van der Waals surface area contributed by atoms with Gasteiger partial charge in [0.1, 0.15) is 0 Å². The minimum atomic E-state index is 0.561. The monoisotopic (exact) mass is 299 g/mol. The van der Waals surface area contributed by atoms with E-state index in [1.165, 1.54) is 0 Å². The number of halogens is 3. The van der Waals surface area contributed by atoms with E-state index in [0.29, 0.717) is 21.6 Å². The molecule has 0 bridgehead atoms. The highest BCUT2D eigenvalue weighted by molar-refractivity contribution is 6.42. The van der Waals surface area contributed by atoms with Crippen LogP contribution in [0.4, 0.5) is 5.69 Å². The van der Waals surface area contributed by atoms with Crippen LogP contribution in [0.2, 0.25) is 15.1 Å². The topological polar surface area (TPSA) is 12.0 Å². The van der Waals surface area contributed by atoms with Gasteiger partial charge in [-0.25, -0.2) is 0 Å². The Kier molecular flexibility index (Phi) is 4.39. The van der Waals surface area contributed by atoms with Crippen LogP contribution in [-0.4, -0.2) is 0 Å². The van der Waals surface area contributed by atoms with Gasteiger partial charge >= 0.3 is 0 Å². The second-order valence-corrected chi connectivity index (χ2v) is 5.24. The highest BCUT2D eigenvalue weighted by Gasteiger charge is 2.05. The average Bonchev–Trinajstić information content (AvgIpc) is 2.35. The Morgan fingerprint density at radius 3 is 2.56 bits per heavy atom. The number of hydrogen-bond donors (Lipinski definition) is 1. The Morgan fingerprint density at radius 2 is 1.78 bits per heavy atom. The van der Waals surface area contributed by atoms with Gasteiger partial charge in [-0.05, 0) is 36.2 Å². The predicted octanol–water partition coefficient (Wildman–Crippen LogP) is 5.57. The summed E-state index contributed by atoms with van der Waals surface area (Å²) in [4.78, 5) is 0. The normalized spacial score (nSPS) is 10.4. The third kappa shape index (κ3) is 3.11. The lowest BCUT2D eigenvalue weighted by Crippen LogP contribution is -2.01. The lowest BCUT2D eigenvalue weighted by atomic mass is 10.2. The van der Waals surface area contributed by atoms with Gasteiger partial charge in [-0.1, -0.05) is 53.0 Å². The molecule has 2 aromatic rings. The van der Waals surface area contributed by atoms with E-state index in [1.807, 2.05) is 37.3 Å². The first-order chi connectivity index (χ1) is 8.58. The molecule has 2 aromatic carbocycles. The van der Waals surface area contributed by atoms with Crippen molar-refractivity contribution >= 4 is 40.5 Å². The van der Waals surface area contributed by atoms with Gasteiger partial charge in [0.05, 0.1) is 20.8 Å². The van der Waals surface area contributed by atoms with Crippen molar-refractivity contribution in [3.63, 3.8) is 0 Å². The summed E-state index contributed by atoms with van der Waals surface area (Å²) in [5.74, 6) is 0. The van der Waals surface area contributed by atoms with Crippen molar-refractivity contribution in [2.24, 2.45) is 0 Å². The van der Waals surface area contributed by atoms with Crippen LogP contribution in [0.1, 0.15) is 11.1 Å². The van der Waals surface area contributed by atoms with Gasteiger partial charge < -0.3 is 5.32 Å². The highest BCUT2D eigenvalue weighted by Crippen LogP contribution is 2.28. The summed E-state index contributed by atoms with van der Waals surface area (Å²) in [5.41, 5.74) is 2.99. The van der Waals surface area contributed by atoms with E-state index >= 15 is 0 Å². The molecule has 0 spiro atoms. The minimum Gasteiger partial charge on any atom is -0.380 e. The van der Waals surface area contributed by atoms with E-state index < -0.39 is 0 Å². The summed E-state index contributed by atoms with van der Waals surface area (Å²) >= 11 is 18.2. The summed E-state index contributed by atoms with van der Waals surface area (Å²) in [6.45, 7) is 2.61. The lowest BCUT2D eigenvalue weighted by molar-refractivity contribution is 1.15. The molecule has 0 unspecified atom stereocenters. The first kappa shape index (κ1) is 13.5. The smallest absolute Gasteiger partial charge is 0.0642 e. The maximum Gasteiger partial charge on any atom is 0.0642 e. The van der Waals surface area contributed by atoms with Crippen molar-refractivity contribution in [3.8, 4) is 0 Å². The molecule has 1 nitrogen and oxygen atoms in total. The summed E-state index contributed by atoms with van der Waals surface area (Å²) in [7, 11) is 0. The van der Waals surface area contributed by atoms with E-state index in [2.05, 4.69) is 5.32 Å². The molecule has 0 fully saturated rings. The Labute approximate surface area is 122 Å². The Bertz CT molecular complexity index is 565. The number of hydrogen-bond acceptors (Lipinski definition) is 1. The molecule has 0 amide bonds. The first-order valence-electron chi connectivity index (χ1n) is 5.51. The van der Waals surface area contributed by atoms with Crippen molar-refractivity contribution in [1.82, 2.24) is 0 Å². The second kappa shape index (κ2) is 5.83. The third-order valence-corrected chi connectivity index (χ3v) is 3.81. The van der Waals surface area contributed by atoms with Crippen molar-refractivity contribution in [3.05, 3.63) is 62.6 Å². The fraction of sp³-hybridized carbons (Fsp3) is 0.143. The number of anilines is 1. The summed E-state index contributed by atoms with van der Waals surface area (Å²) < 4.78 is 0. The standard InChI is InChI=1S/C14H12Cl3N/c1-9-5-6-11(15)13(7-9)18-8-10-3-2-4-12(16)14(10)17/h2-7,18H,8H2,1H3. The number of benzene rings is 2. The van der Waals surface area contributed by atoms with Gasteiger partial charge in [0.15, 0.2) is 0 Å². The predicted molar refractivity (Wildman–Crippen MR) is 80.0 cm³/mol. The molecule has 4 heteroatoms. The molecule has 0 aliphatic carbocycles. The molecule has 0 aromatic heterocycles. The quantitative estimate of drug-likeness (QED) is 0.781. The van der Waals surface area contributed by atoms with Crippen molar-refractivity contribution < 1.29 is 0 Å². The average molecular weight is 301 g/mol. The SMILES string of the molecule is Cc1ccc(Cl)c(NCc2cccc(Cl)c2Cl)c1. The molecule has 18 heavy (non-hydrogen) atoms. The molecule has 0 radical (unpaired) electrons. The van der Waals surface area contributed by atoms with Gasteiger partial charge in [-0.3, -0.25) is 0 Å². The van der Waals surface area contributed by atoms with Crippen LogP contribution in [0.3, 0.4) is 0 Å².